The quantitative estimate of drug-likeness (QED) is 0.788. The molecule has 15 heavy (non-hydrogen) atoms. The number of carboxylic acids is 1. The number of ether oxygens (including phenoxy) is 2. The lowest BCUT2D eigenvalue weighted by molar-refractivity contribution is -0.136. The summed E-state index contributed by atoms with van der Waals surface area (Å²) >= 11 is 5.75. The molecule has 2 rings (SSSR count). The van der Waals surface area contributed by atoms with Crippen molar-refractivity contribution in [3.8, 4) is 11.5 Å². The first-order chi connectivity index (χ1) is 7.09. The van der Waals surface area contributed by atoms with E-state index in [1.807, 2.05) is 0 Å². The van der Waals surface area contributed by atoms with Gasteiger partial charge in [-0.25, -0.2) is 0 Å². The summed E-state index contributed by atoms with van der Waals surface area (Å²) in [6.07, 6.45) is 0. The van der Waals surface area contributed by atoms with E-state index in [-0.39, 0.29) is 6.79 Å². The first-order valence-electron chi connectivity index (χ1n) is 4.36. The van der Waals surface area contributed by atoms with Crippen molar-refractivity contribution in [3.63, 3.8) is 0 Å². The van der Waals surface area contributed by atoms with Crippen LogP contribution >= 0.6 is 11.6 Å². The lowest BCUT2D eigenvalue weighted by Crippen LogP contribution is -2.06. The largest absolute Gasteiger partial charge is 0.480 e. The number of carboxylic acid groups (broad SMARTS) is 1. The number of hydrogen-bond donors (Lipinski definition) is 1. The molecule has 0 spiro atoms. The summed E-state index contributed by atoms with van der Waals surface area (Å²) in [6.45, 7) is 1.95. The molecule has 1 aliphatic heterocycles. The summed E-state index contributed by atoms with van der Waals surface area (Å²) in [6, 6.07) is 3.35. The molecule has 1 heterocycles. The number of rotatable bonds is 2. The number of benzene rings is 1. The van der Waals surface area contributed by atoms with E-state index >= 15 is 0 Å². The Hall–Kier alpha value is -1.42. The third kappa shape index (κ3) is 1.72. The number of hydrogen-bond acceptors (Lipinski definition) is 3. The van der Waals surface area contributed by atoms with Crippen LogP contribution in [0.4, 0.5) is 0 Å². The van der Waals surface area contributed by atoms with Gasteiger partial charge in [0.1, 0.15) is 0 Å². The summed E-state index contributed by atoms with van der Waals surface area (Å²) < 4.78 is 10.3. The molecule has 1 atom stereocenters. The van der Waals surface area contributed by atoms with Crippen LogP contribution in [0.2, 0.25) is 0 Å². The van der Waals surface area contributed by atoms with Gasteiger partial charge in [-0.2, -0.15) is 0 Å². The molecule has 0 bridgehead atoms. The molecular formula is C10H9ClO4. The second-order valence-corrected chi connectivity index (χ2v) is 3.70. The normalized spacial score (nSPS) is 15.1. The highest BCUT2D eigenvalue weighted by Gasteiger charge is 2.23. The molecule has 5 heteroatoms. The van der Waals surface area contributed by atoms with Crippen molar-refractivity contribution in [1.82, 2.24) is 0 Å². The molecule has 80 valence electrons. The highest BCUT2D eigenvalue weighted by molar-refractivity contribution is 6.29. The van der Waals surface area contributed by atoms with Crippen LogP contribution in [-0.2, 0) is 4.79 Å². The van der Waals surface area contributed by atoms with Crippen molar-refractivity contribution in [2.45, 2.75) is 12.3 Å². The molecule has 1 aromatic rings. The van der Waals surface area contributed by atoms with Crippen molar-refractivity contribution in [2.24, 2.45) is 0 Å². The highest BCUT2D eigenvalue weighted by Crippen LogP contribution is 2.37. The zero-order valence-corrected chi connectivity index (χ0v) is 8.75. The van der Waals surface area contributed by atoms with Gasteiger partial charge >= 0.3 is 5.97 Å². The van der Waals surface area contributed by atoms with E-state index in [4.69, 9.17) is 26.2 Å². The molecule has 0 fully saturated rings. The molecule has 0 aliphatic carbocycles. The number of halogens is 1. The predicted octanol–water partition coefficient (Wildman–Crippen LogP) is 2.09. The third-order valence-corrected chi connectivity index (χ3v) is 2.67. The lowest BCUT2D eigenvalue weighted by Gasteiger charge is -2.09. The standard InChI is InChI=1S/C10H9ClO4/c1-5-2-7-8(15-4-14-7)3-6(5)9(11)10(12)13/h2-3,9H,4H2,1H3,(H,12,13). The predicted molar refractivity (Wildman–Crippen MR) is 53.5 cm³/mol. The number of alkyl halides is 1. The summed E-state index contributed by atoms with van der Waals surface area (Å²) in [5.41, 5.74) is 1.31. The minimum Gasteiger partial charge on any atom is -0.480 e. The van der Waals surface area contributed by atoms with Crippen LogP contribution in [0.1, 0.15) is 16.5 Å². The van der Waals surface area contributed by atoms with Gasteiger partial charge in [-0.1, -0.05) is 0 Å². The summed E-state index contributed by atoms with van der Waals surface area (Å²) in [5.74, 6) is 0.103. The van der Waals surface area contributed by atoms with Crippen LogP contribution in [0, 0.1) is 6.92 Å². The average Bonchev–Trinajstić information content (AvgIpc) is 2.62. The van der Waals surface area contributed by atoms with Gasteiger partial charge in [0.25, 0.3) is 0 Å². The van der Waals surface area contributed by atoms with Crippen LogP contribution in [0.3, 0.4) is 0 Å². The number of aryl methyl sites for hydroxylation is 1. The number of aliphatic carboxylic acids is 1. The first-order valence-corrected chi connectivity index (χ1v) is 4.80. The monoisotopic (exact) mass is 228 g/mol. The Morgan fingerprint density at radius 2 is 2.07 bits per heavy atom. The maximum Gasteiger partial charge on any atom is 0.326 e. The molecule has 0 saturated heterocycles. The molecule has 1 N–H and O–H groups in total. The van der Waals surface area contributed by atoms with E-state index in [1.165, 1.54) is 0 Å². The van der Waals surface area contributed by atoms with E-state index in [2.05, 4.69) is 0 Å². The van der Waals surface area contributed by atoms with Crippen LogP contribution in [0.25, 0.3) is 0 Å². The molecule has 1 aliphatic rings. The average molecular weight is 229 g/mol. The van der Waals surface area contributed by atoms with Gasteiger partial charge in [0.2, 0.25) is 6.79 Å². The Balaban J connectivity index is 2.44. The fourth-order valence-corrected chi connectivity index (χ4v) is 1.70. The zero-order valence-electron chi connectivity index (χ0n) is 7.99. The molecule has 1 aromatic carbocycles. The van der Waals surface area contributed by atoms with Gasteiger partial charge in [0, 0.05) is 0 Å². The summed E-state index contributed by atoms with van der Waals surface area (Å²) in [7, 11) is 0. The molecule has 1 unspecified atom stereocenters. The van der Waals surface area contributed by atoms with Gasteiger partial charge in [-0.05, 0) is 30.2 Å². The summed E-state index contributed by atoms with van der Waals surface area (Å²) in [4.78, 5) is 10.7. The second kappa shape index (κ2) is 3.62. The summed E-state index contributed by atoms with van der Waals surface area (Å²) in [5, 5.41) is 7.75. The van der Waals surface area contributed by atoms with Gasteiger partial charge in [-0.3, -0.25) is 4.79 Å². The van der Waals surface area contributed by atoms with Gasteiger partial charge < -0.3 is 14.6 Å². The van der Waals surface area contributed by atoms with Crippen molar-refractivity contribution in [1.29, 1.82) is 0 Å². The molecule has 0 saturated carbocycles. The van der Waals surface area contributed by atoms with E-state index in [9.17, 15) is 4.79 Å². The Kier molecular flexibility index (Phi) is 2.44. The molecule has 0 amide bonds. The van der Waals surface area contributed by atoms with E-state index in [0.717, 1.165) is 5.56 Å². The lowest BCUT2D eigenvalue weighted by atomic mass is 10.0. The highest BCUT2D eigenvalue weighted by atomic mass is 35.5. The van der Waals surface area contributed by atoms with Gasteiger partial charge in [-0.15, -0.1) is 11.6 Å². The SMILES string of the molecule is Cc1cc2c(cc1C(Cl)C(=O)O)OCO2. The fraction of sp³-hybridized carbons (Fsp3) is 0.300. The first kappa shape index (κ1) is 10.1. The number of fused-ring (bicyclic) bond motifs is 1. The van der Waals surface area contributed by atoms with Crippen LogP contribution in [-0.4, -0.2) is 17.9 Å². The topological polar surface area (TPSA) is 55.8 Å². The van der Waals surface area contributed by atoms with Crippen molar-refractivity contribution < 1.29 is 19.4 Å². The van der Waals surface area contributed by atoms with Crippen LogP contribution < -0.4 is 9.47 Å². The fourth-order valence-electron chi connectivity index (χ4n) is 1.47. The van der Waals surface area contributed by atoms with Gasteiger partial charge in [0.05, 0.1) is 0 Å². The number of carbonyl (C=O) groups is 1. The molecular weight excluding hydrogens is 220 g/mol. The maximum absolute atomic E-state index is 10.7. The van der Waals surface area contributed by atoms with Gasteiger partial charge in [0.15, 0.2) is 16.9 Å². The third-order valence-electron chi connectivity index (χ3n) is 2.25. The van der Waals surface area contributed by atoms with Crippen LogP contribution in [0.5, 0.6) is 11.5 Å². The minimum atomic E-state index is -1.07. The van der Waals surface area contributed by atoms with Crippen LogP contribution in [0.15, 0.2) is 12.1 Å². The molecule has 0 aromatic heterocycles. The zero-order chi connectivity index (χ0) is 11.0. The Labute approximate surface area is 91.4 Å². The van der Waals surface area contributed by atoms with E-state index in [0.29, 0.717) is 17.1 Å². The molecule has 4 nitrogen and oxygen atoms in total. The van der Waals surface area contributed by atoms with E-state index in [1.54, 1.807) is 19.1 Å². The van der Waals surface area contributed by atoms with Crippen molar-refractivity contribution in [3.05, 3.63) is 23.3 Å². The van der Waals surface area contributed by atoms with E-state index < -0.39 is 11.3 Å². The Bertz CT molecular complexity index is 416. The van der Waals surface area contributed by atoms with Crippen molar-refractivity contribution in [2.75, 3.05) is 6.79 Å². The Morgan fingerprint density at radius 1 is 1.47 bits per heavy atom. The molecule has 0 radical (unpaired) electrons. The minimum absolute atomic E-state index is 0.165. The maximum atomic E-state index is 10.7. The second-order valence-electron chi connectivity index (χ2n) is 3.26. The smallest absolute Gasteiger partial charge is 0.326 e. The van der Waals surface area contributed by atoms with Crippen molar-refractivity contribution >= 4 is 17.6 Å². The Morgan fingerprint density at radius 3 is 2.67 bits per heavy atom.